The number of nitrogens with one attached hydrogen (secondary N) is 18. The fourth-order valence-corrected chi connectivity index (χ4v) is 12.9. The fourth-order valence-electron chi connectivity index (χ4n) is 12.9. The van der Waals surface area contributed by atoms with Gasteiger partial charge in [0.1, 0.15) is 66.2 Å². The number of phenols is 1. The summed E-state index contributed by atoms with van der Waals surface area (Å²) in [6, 6.07) is 13.9. The summed E-state index contributed by atoms with van der Waals surface area (Å²) in [6.07, 6.45) is 3.20. The van der Waals surface area contributed by atoms with E-state index in [2.05, 4.69) is 89.4 Å². The zero-order valence-corrected chi connectivity index (χ0v) is 65.2. The van der Waals surface area contributed by atoms with Crippen LogP contribution in [-0.2, 0) is 94.4 Å². The van der Waals surface area contributed by atoms with E-state index in [1.165, 1.54) is 24.7 Å². The van der Waals surface area contributed by atoms with Crippen LogP contribution in [0.1, 0.15) is 119 Å². The number of aromatic nitrogens is 3. The summed E-state index contributed by atoms with van der Waals surface area (Å²) in [4.78, 5) is 200. The number of aromatic amines is 2. The van der Waals surface area contributed by atoms with Gasteiger partial charge in [0, 0.05) is 68.6 Å². The van der Waals surface area contributed by atoms with Crippen molar-refractivity contribution in [3.63, 3.8) is 0 Å². The van der Waals surface area contributed by atoms with E-state index in [0.29, 0.717) is 46.0 Å². The minimum Gasteiger partial charge on any atom is -0.508 e. The molecule has 0 spiro atoms. The SMILES string of the molecule is CCCC[C@H](NC(=O)[C@@H](NC(=O)[C@@H](N)Cc1ccc(O)cc1)C(C)C)C(=O)N[C@H]1CC(=O)NCCCC[C@@H](C(=O)N[C@@H](CCCNC(=N)N)C(=O)N[C@@H](Cc2ccccc2)C(=O)NCC(N)=O)NC(=O)[C@H](Cc2c[nH]c3ccccc23)NC(=O)[C@H](CCCNC(=N)N)NC(=O)[C@H](Cc2ccccc2)NC(=O)[C@H](Cc2c[nH]cn2)NC1=O. The fraction of sp³-hybridized carbons (Fsp3) is 0.443. The van der Waals surface area contributed by atoms with Crippen molar-refractivity contribution >= 4 is 99.6 Å². The number of nitrogens with zero attached hydrogens (tertiary/aromatic N) is 1. The van der Waals surface area contributed by atoms with Crippen LogP contribution in [0.15, 0.2) is 128 Å². The Morgan fingerprint density at radius 1 is 0.569 bits per heavy atom. The number of unbranched alkanes of at least 4 members (excludes halogenated alkanes) is 1. The summed E-state index contributed by atoms with van der Waals surface area (Å²) in [7, 11) is 0. The number of hydrogen-bond donors (Lipinski definition) is 23. The molecule has 0 unspecified atom stereocenters. The number of fused-ring (bicyclic) bond motifs is 1. The quantitative estimate of drug-likeness (QED) is 0.0116. The number of para-hydroxylation sites is 1. The van der Waals surface area contributed by atoms with Crippen LogP contribution in [0.25, 0.3) is 10.9 Å². The van der Waals surface area contributed by atoms with E-state index in [1.807, 2.05) is 6.92 Å². The zero-order valence-electron chi connectivity index (χ0n) is 65.2. The summed E-state index contributed by atoms with van der Waals surface area (Å²) >= 11 is 0. The Hall–Kier alpha value is -13.0. The third-order valence-electron chi connectivity index (χ3n) is 19.2. The molecule has 37 heteroatoms. The first kappa shape index (κ1) is 90.2. The predicted octanol–water partition coefficient (Wildman–Crippen LogP) is -2.05. The number of carbonyl (C=O) groups excluding carboxylic acids is 13. The molecular formula is C79H109N23O14. The third-order valence-corrected chi connectivity index (χ3v) is 19.2. The number of H-pyrrole nitrogens is 2. The molecule has 0 aliphatic carbocycles. The normalized spacial score (nSPS) is 18.7. The number of phenolic OH excluding ortho intramolecular Hbond substituents is 1. The first-order valence-corrected chi connectivity index (χ1v) is 38.7. The van der Waals surface area contributed by atoms with Gasteiger partial charge in [-0.2, -0.15) is 0 Å². The van der Waals surface area contributed by atoms with E-state index in [4.69, 9.17) is 33.8 Å². The molecule has 0 bridgehead atoms. The molecule has 27 N–H and O–H groups in total. The van der Waals surface area contributed by atoms with Gasteiger partial charge in [-0.15, -0.1) is 0 Å². The van der Waals surface area contributed by atoms with Gasteiger partial charge in [-0.3, -0.25) is 73.1 Å². The third kappa shape index (κ3) is 30.2. The Kier molecular flexibility index (Phi) is 36.0. The van der Waals surface area contributed by atoms with Gasteiger partial charge in [-0.25, -0.2) is 4.98 Å². The van der Waals surface area contributed by atoms with E-state index in [-0.39, 0.29) is 115 Å². The number of imidazole rings is 1. The molecular weight excluding hydrogens is 1500 g/mol. The molecule has 6 aromatic rings. The van der Waals surface area contributed by atoms with Gasteiger partial charge in [-0.1, -0.05) is 125 Å². The van der Waals surface area contributed by atoms with Crippen molar-refractivity contribution in [3.05, 3.63) is 156 Å². The topological polar surface area (TPSA) is 607 Å². The Morgan fingerprint density at radius 3 is 1.79 bits per heavy atom. The summed E-state index contributed by atoms with van der Waals surface area (Å²) in [5, 5.41) is 63.9. The van der Waals surface area contributed by atoms with Gasteiger partial charge in [0.25, 0.3) is 0 Å². The number of benzene rings is 4. The molecule has 2 aromatic heterocycles. The molecule has 1 fully saturated rings. The smallest absolute Gasteiger partial charge is 0.243 e. The van der Waals surface area contributed by atoms with Crippen LogP contribution in [0.4, 0.5) is 0 Å². The molecule has 1 aliphatic rings. The number of hydrogen-bond acceptors (Lipinski definition) is 18. The summed E-state index contributed by atoms with van der Waals surface area (Å²) in [5.74, 6) is -13.0. The first-order valence-electron chi connectivity index (χ1n) is 38.7. The van der Waals surface area contributed by atoms with Gasteiger partial charge >= 0.3 is 0 Å². The number of amides is 13. The van der Waals surface area contributed by atoms with Crippen LogP contribution >= 0.6 is 0 Å². The van der Waals surface area contributed by atoms with Crippen LogP contribution in [0.3, 0.4) is 0 Å². The minimum absolute atomic E-state index is 0.00485. The Bertz CT molecular complexity index is 4320. The second kappa shape index (κ2) is 46.3. The standard InChI is InChI=1S/C79H109N23O14/c1-4-5-23-55(96-77(116)66(45(2)3)102-67(106)53(80)35-48-28-30-51(103)31-29-48)70(109)101-63-40-65(105)87-32-15-14-25-56(69(108)93-57(26-16-33-88-78(82)83)71(110)97-59(68(107)91-43-64(81)104)36-46-18-8-6-9-19-46)94-74(113)61(38-49-41-90-54-24-13-12-22-52(49)54)99-72(111)58(27-17-34-89-79(84)85)95-73(112)60(37-47-20-10-7-11-21-47)98-75(114)62(100-76(63)115)39-50-42-86-44-92-50/h6-13,18-22,24,28-31,41-42,44-45,53,55-63,66,90,103H,4-5,14-17,23,25-27,32-40,43,80H2,1-3H3,(H2,81,104)(H,86,92)(H,87,105)(H,91,107)(H,93,108)(H,94,113)(H,95,112)(H,96,116)(H,97,110)(H,98,114)(H,99,111)(H,100,115)(H,101,109)(H,102,106)(H4,82,83,88)(H4,84,85,89)/t53-,55-,56-,57-,58-,59-,60-,61-,62-,63-,66-/m0/s1. The largest absolute Gasteiger partial charge is 0.508 e. The number of primary amides is 1. The van der Waals surface area contributed by atoms with Crippen LogP contribution in [-0.4, -0.2) is 201 Å². The molecule has 37 nitrogen and oxygen atoms in total. The maximum absolute atomic E-state index is 15.5. The monoisotopic (exact) mass is 1600 g/mol. The average Bonchev–Trinajstić information content (AvgIpc) is 1.64. The molecule has 624 valence electrons. The lowest BCUT2D eigenvalue weighted by Crippen LogP contribution is -2.61. The lowest BCUT2D eigenvalue weighted by molar-refractivity contribution is -0.137. The molecule has 13 amide bonds. The van der Waals surface area contributed by atoms with E-state index in [1.54, 1.807) is 117 Å². The Morgan fingerprint density at radius 2 is 1.15 bits per heavy atom. The van der Waals surface area contributed by atoms with Crippen molar-refractivity contribution < 1.29 is 67.4 Å². The summed E-state index contributed by atoms with van der Waals surface area (Å²) < 4.78 is 0. The van der Waals surface area contributed by atoms with Gasteiger partial charge in [0.2, 0.25) is 76.8 Å². The highest BCUT2D eigenvalue weighted by molar-refractivity contribution is 6.01. The van der Waals surface area contributed by atoms with E-state index < -0.39 is 174 Å². The maximum Gasteiger partial charge on any atom is 0.243 e. The second-order valence-corrected chi connectivity index (χ2v) is 28.8. The van der Waals surface area contributed by atoms with Crippen molar-refractivity contribution in [3.8, 4) is 5.75 Å². The van der Waals surface area contributed by atoms with Gasteiger partial charge in [0.15, 0.2) is 11.9 Å². The maximum atomic E-state index is 15.5. The minimum atomic E-state index is -1.83. The second-order valence-electron chi connectivity index (χ2n) is 28.8. The number of guanidine groups is 2. The molecule has 116 heavy (non-hydrogen) atoms. The zero-order chi connectivity index (χ0) is 84.2. The van der Waals surface area contributed by atoms with E-state index in [0.717, 1.165) is 0 Å². The molecule has 7 rings (SSSR count). The van der Waals surface area contributed by atoms with Crippen molar-refractivity contribution in [2.75, 3.05) is 26.2 Å². The molecule has 11 atom stereocenters. The van der Waals surface area contributed by atoms with Crippen molar-refractivity contribution in [2.45, 2.75) is 190 Å². The summed E-state index contributed by atoms with van der Waals surface area (Å²) in [5.41, 5.74) is 26.1. The molecule has 3 heterocycles. The van der Waals surface area contributed by atoms with Crippen LogP contribution < -0.4 is 97.4 Å². The highest BCUT2D eigenvalue weighted by atomic mass is 16.3. The van der Waals surface area contributed by atoms with Crippen molar-refractivity contribution in [2.24, 2.45) is 28.9 Å². The van der Waals surface area contributed by atoms with Gasteiger partial charge in [0.05, 0.1) is 31.0 Å². The van der Waals surface area contributed by atoms with Crippen LogP contribution in [0.5, 0.6) is 5.75 Å². The van der Waals surface area contributed by atoms with Crippen LogP contribution in [0.2, 0.25) is 0 Å². The number of carbonyl (C=O) groups is 13. The molecule has 0 saturated carbocycles. The highest BCUT2D eigenvalue weighted by Gasteiger charge is 2.38. The first-order chi connectivity index (χ1) is 55.5. The van der Waals surface area contributed by atoms with Crippen molar-refractivity contribution in [1.29, 1.82) is 10.8 Å². The van der Waals surface area contributed by atoms with Crippen LogP contribution in [0, 0.1) is 16.7 Å². The van der Waals surface area contributed by atoms with Gasteiger partial charge in [-0.05, 0) is 104 Å². The Balaban J connectivity index is 1.28. The summed E-state index contributed by atoms with van der Waals surface area (Å²) in [6.45, 7) is 4.45. The molecule has 4 aromatic carbocycles. The Labute approximate surface area is 671 Å². The lowest BCUT2D eigenvalue weighted by atomic mass is 10.00. The molecule has 0 radical (unpaired) electrons. The number of nitrogens with two attached hydrogens (primary N) is 4. The predicted molar refractivity (Wildman–Crippen MR) is 430 cm³/mol. The average molecular weight is 1600 g/mol. The van der Waals surface area contributed by atoms with E-state index >= 15 is 28.8 Å². The number of rotatable bonds is 35. The van der Waals surface area contributed by atoms with Crippen molar-refractivity contribution in [1.82, 2.24) is 89.4 Å². The highest BCUT2D eigenvalue weighted by Crippen LogP contribution is 2.21. The molecule has 1 aliphatic heterocycles. The van der Waals surface area contributed by atoms with E-state index in [9.17, 15) is 38.7 Å². The number of aromatic hydroxyl groups is 1. The molecule has 1 saturated heterocycles. The lowest BCUT2D eigenvalue weighted by Gasteiger charge is -2.29. The van der Waals surface area contributed by atoms with Gasteiger partial charge < -0.3 is 112 Å².